The van der Waals surface area contributed by atoms with E-state index in [0.717, 1.165) is 27.1 Å². The highest BCUT2D eigenvalue weighted by Crippen LogP contribution is 2.42. The second-order valence-corrected chi connectivity index (χ2v) is 5.07. The molecular weight excluding hydrogens is 300 g/mol. The Morgan fingerprint density at radius 1 is 0.619 bits per heavy atom. The summed E-state index contributed by atoms with van der Waals surface area (Å²) in [7, 11) is 0. The van der Waals surface area contributed by atoms with Crippen LogP contribution in [-0.2, 0) is 0 Å². The highest BCUT2D eigenvalue weighted by molar-refractivity contribution is 7.80. The minimum absolute atomic E-state index is 0. The fourth-order valence-corrected chi connectivity index (χ4v) is 2.69. The lowest BCUT2D eigenvalue weighted by molar-refractivity contribution is 0.477. The number of thiol groups is 1. The molecule has 3 aromatic carbocycles. The maximum atomic E-state index is 10.3. The van der Waals surface area contributed by atoms with Crippen LogP contribution in [-0.4, -0.2) is 5.11 Å². The van der Waals surface area contributed by atoms with Crippen LogP contribution in [0.5, 0.6) is 5.75 Å². The summed E-state index contributed by atoms with van der Waals surface area (Å²) >= 11 is 4.57. The molecule has 3 heteroatoms. The molecule has 0 spiro atoms. The Kier molecular flexibility index (Phi) is 4.94. The van der Waals surface area contributed by atoms with Crippen molar-refractivity contribution in [1.29, 1.82) is 0 Å². The Bertz CT molecular complexity index is 662. The van der Waals surface area contributed by atoms with Crippen LogP contribution in [0.3, 0.4) is 0 Å². The largest absolute Gasteiger partial charge is 0.507 e. The molecular formula is C18H15ClOS. The lowest BCUT2D eigenvalue weighted by Crippen LogP contribution is -1.88. The monoisotopic (exact) mass is 314 g/mol. The molecule has 0 aromatic heterocycles. The summed E-state index contributed by atoms with van der Waals surface area (Å²) in [5, 5.41) is 10.3. The van der Waals surface area contributed by atoms with Gasteiger partial charge in [-0.1, -0.05) is 60.7 Å². The molecule has 3 aromatic rings. The SMILES string of the molecule is Cl.Oc1ccc(S)c(-c2ccccc2)c1-c1ccccc1. The lowest BCUT2D eigenvalue weighted by Gasteiger charge is -2.14. The van der Waals surface area contributed by atoms with Gasteiger partial charge in [-0.15, -0.1) is 25.0 Å². The zero-order valence-corrected chi connectivity index (χ0v) is 12.9. The summed E-state index contributed by atoms with van der Waals surface area (Å²) in [4.78, 5) is 0.854. The number of phenolic OH excluding ortho intramolecular Hbond substituents is 1. The van der Waals surface area contributed by atoms with Crippen LogP contribution in [0.4, 0.5) is 0 Å². The molecule has 0 saturated carbocycles. The molecule has 1 N–H and O–H groups in total. The second kappa shape index (κ2) is 6.70. The topological polar surface area (TPSA) is 20.2 Å². The molecule has 0 radical (unpaired) electrons. The van der Waals surface area contributed by atoms with Crippen molar-refractivity contribution in [2.75, 3.05) is 0 Å². The summed E-state index contributed by atoms with van der Waals surface area (Å²) in [5.74, 6) is 0.271. The van der Waals surface area contributed by atoms with E-state index >= 15 is 0 Å². The zero-order chi connectivity index (χ0) is 13.9. The molecule has 0 saturated heterocycles. The van der Waals surface area contributed by atoms with E-state index in [1.165, 1.54) is 0 Å². The van der Waals surface area contributed by atoms with Gasteiger partial charge in [-0.05, 0) is 23.3 Å². The summed E-state index contributed by atoms with van der Waals surface area (Å²) in [6, 6.07) is 23.4. The summed E-state index contributed by atoms with van der Waals surface area (Å²) in [5.41, 5.74) is 3.82. The highest BCUT2D eigenvalue weighted by Gasteiger charge is 2.14. The first-order valence-corrected chi connectivity index (χ1v) is 6.88. The third-order valence-electron chi connectivity index (χ3n) is 3.29. The Labute approximate surface area is 136 Å². The summed E-state index contributed by atoms with van der Waals surface area (Å²) in [6.07, 6.45) is 0. The Morgan fingerprint density at radius 2 is 1.10 bits per heavy atom. The normalized spacial score (nSPS) is 9.95. The highest BCUT2D eigenvalue weighted by atomic mass is 35.5. The minimum Gasteiger partial charge on any atom is -0.507 e. The van der Waals surface area contributed by atoms with Gasteiger partial charge in [0.2, 0.25) is 0 Å². The number of phenols is 1. The number of benzene rings is 3. The van der Waals surface area contributed by atoms with Crippen LogP contribution >= 0.6 is 25.0 Å². The van der Waals surface area contributed by atoms with Crippen LogP contribution in [0.2, 0.25) is 0 Å². The van der Waals surface area contributed by atoms with E-state index in [0.29, 0.717) is 0 Å². The van der Waals surface area contributed by atoms with Crippen molar-refractivity contribution >= 4 is 25.0 Å². The summed E-state index contributed by atoms with van der Waals surface area (Å²) in [6.45, 7) is 0. The van der Waals surface area contributed by atoms with Crippen molar-refractivity contribution in [3.05, 3.63) is 72.8 Å². The standard InChI is InChI=1S/C18H14OS.ClH/c19-15-11-12-16(20)18(14-9-5-2-6-10-14)17(15)13-7-3-1-4-8-13;/h1-12,19-20H;1H. The van der Waals surface area contributed by atoms with Crippen LogP contribution in [0.1, 0.15) is 0 Å². The maximum Gasteiger partial charge on any atom is 0.124 e. The third kappa shape index (κ3) is 3.07. The average molecular weight is 315 g/mol. The van der Waals surface area contributed by atoms with Crippen LogP contribution in [0, 0.1) is 0 Å². The Hall–Kier alpha value is -1.90. The van der Waals surface area contributed by atoms with Crippen molar-refractivity contribution in [3.8, 4) is 28.0 Å². The second-order valence-electron chi connectivity index (χ2n) is 4.59. The van der Waals surface area contributed by atoms with Crippen LogP contribution < -0.4 is 0 Å². The van der Waals surface area contributed by atoms with Gasteiger partial charge in [0.1, 0.15) is 5.75 Å². The first-order valence-electron chi connectivity index (χ1n) is 6.43. The van der Waals surface area contributed by atoms with Gasteiger partial charge in [-0.25, -0.2) is 0 Å². The molecule has 0 unspecified atom stereocenters. The van der Waals surface area contributed by atoms with E-state index < -0.39 is 0 Å². The third-order valence-corrected chi connectivity index (χ3v) is 3.66. The molecule has 0 fully saturated rings. The van der Waals surface area contributed by atoms with E-state index in [1.54, 1.807) is 6.07 Å². The van der Waals surface area contributed by atoms with E-state index in [4.69, 9.17) is 0 Å². The molecule has 0 aliphatic rings. The Balaban J connectivity index is 0.00000161. The molecule has 0 aliphatic carbocycles. The summed E-state index contributed by atoms with van der Waals surface area (Å²) < 4.78 is 0. The fourth-order valence-electron chi connectivity index (χ4n) is 2.37. The predicted molar refractivity (Wildman–Crippen MR) is 93.5 cm³/mol. The molecule has 0 bridgehead atoms. The van der Waals surface area contributed by atoms with E-state index in [2.05, 4.69) is 12.6 Å². The van der Waals surface area contributed by atoms with Gasteiger partial charge >= 0.3 is 0 Å². The Morgan fingerprint density at radius 3 is 1.62 bits per heavy atom. The molecule has 3 rings (SSSR count). The van der Waals surface area contributed by atoms with Gasteiger partial charge in [0.05, 0.1) is 0 Å². The van der Waals surface area contributed by atoms with E-state index in [-0.39, 0.29) is 18.2 Å². The van der Waals surface area contributed by atoms with E-state index in [1.807, 2.05) is 66.7 Å². The quantitative estimate of drug-likeness (QED) is 0.604. The van der Waals surface area contributed by atoms with E-state index in [9.17, 15) is 5.11 Å². The molecule has 0 amide bonds. The first kappa shape index (κ1) is 15.5. The minimum atomic E-state index is 0. The molecule has 0 atom stereocenters. The van der Waals surface area contributed by atoms with Crippen molar-refractivity contribution in [3.63, 3.8) is 0 Å². The molecule has 106 valence electrons. The van der Waals surface area contributed by atoms with Gasteiger partial charge in [0, 0.05) is 16.0 Å². The zero-order valence-electron chi connectivity index (χ0n) is 11.2. The van der Waals surface area contributed by atoms with Gasteiger partial charge in [0.15, 0.2) is 0 Å². The van der Waals surface area contributed by atoms with Crippen molar-refractivity contribution in [2.24, 2.45) is 0 Å². The lowest BCUT2D eigenvalue weighted by atomic mass is 9.93. The van der Waals surface area contributed by atoms with Gasteiger partial charge in [-0.2, -0.15) is 0 Å². The predicted octanol–water partition coefficient (Wildman–Crippen LogP) is 5.44. The molecule has 0 heterocycles. The smallest absolute Gasteiger partial charge is 0.124 e. The van der Waals surface area contributed by atoms with Crippen LogP contribution in [0.25, 0.3) is 22.3 Å². The number of hydrogen-bond donors (Lipinski definition) is 2. The maximum absolute atomic E-state index is 10.3. The van der Waals surface area contributed by atoms with Crippen molar-refractivity contribution in [1.82, 2.24) is 0 Å². The van der Waals surface area contributed by atoms with Gasteiger partial charge in [0.25, 0.3) is 0 Å². The first-order chi connectivity index (χ1) is 9.77. The number of hydrogen-bond acceptors (Lipinski definition) is 2. The van der Waals surface area contributed by atoms with Gasteiger partial charge < -0.3 is 5.11 Å². The van der Waals surface area contributed by atoms with Gasteiger partial charge in [-0.3, -0.25) is 0 Å². The average Bonchev–Trinajstić information content (AvgIpc) is 2.51. The van der Waals surface area contributed by atoms with Crippen molar-refractivity contribution < 1.29 is 5.11 Å². The number of halogens is 1. The number of rotatable bonds is 2. The fraction of sp³-hybridized carbons (Fsp3) is 0. The van der Waals surface area contributed by atoms with Crippen molar-refractivity contribution in [2.45, 2.75) is 4.90 Å². The van der Waals surface area contributed by atoms with Crippen LogP contribution in [0.15, 0.2) is 77.7 Å². The molecule has 0 aliphatic heterocycles. The number of aromatic hydroxyl groups is 1. The molecule has 1 nitrogen and oxygen atoms in total. The molecule has 21 heavy (non-hydrogen) atoms.